The van der Waals surface area contributed by atoms with E-state index in [0.717, 1.165) is 11.1 Å². The summed E-state index contributed by atoms with van der Waals surface area (Å²) in [6, 6.07) is 8.12. The summed E-state index contributed by atoms with van der Waals surface area (Å²) in [6.07, 6.45) is 3.44. The highest BCUT2D eigenvalue weighted by Gasteiger charge is 2.12. The first-order chi connectivity index (χ1) is 10.7. The Morgan fingerprint density at radius 1 is 1.18 bits per heavy atom. The number of rotatable bonds is 5. The number of aromatic nitrogens is 4. The number of nitrogens with zero attached hydrogens (tertiary/aromatic N) is 4. The zero-order valence-corrected chi connectivity index (χ0v) is 12.6. The maximum absolute atomic E-state index is 8.90. The molecule has 0 bridgehead atoms. The molecule has 0 amide bonds. The topological polar surface area (TPSA) is 77.0 Å². The highest BCUT2D eigenvalue weighted by atomic mass is 16.5. The Kier molecular flexibility index (Phi) is 4.02. The summed E-state index contributed by atoms with van der Waals surface area (Å²) >= 11 is 0. The Hall–Kier alpha value is -2.47. The maximum atomic E-state index is 8.90. The molecule has 6 nitrogen and oxygen atoms in total. The molecule has 0 aliphatic heterocycles. The van der Waals surface area contributed by atoms with E-state index in [9.17, 15) is 0 Å². The van der Waals surface area contributed by atoms with E-state index >= 15 is 0 Å². The summed E-state index contributed by atoms with van der Waals surface area (Å²) in [7, 11) is 0. The predicted molar refractivity (Wildman–Crippen MR) is 82.1 cm³/mol. The molecule has 0 atom stereocenters. The first kappa shape index (κ1) is 14.5. The number of benzene rings is 1. The van der Waals surface area contributed by atoms with Crippen LogP contribution in [0.3, 0.4) is 0 Å². The lowest BCUT2D eigenvalue weighted by molar-refractivity contribution is 0.269. The Bertz CT molecular complexity index is 744. The van der Waals surface area contributed by atoms with Gasteiger partial charge in [-0.25, -0.2) is 0 Å². The first-order valence-corrected chi connectivity index (χ1v) is 7.25. The fraction of sp³-hybridized carbons (Fsp3) is 0.312. The number of hydrogen-bond donors (Lipinski definition) is 1. The van der Waals surface area contributed by atoms with E-state index in [4.69, 9.17) is 9.63 Å². The second kappa shape index (κ2) is 6.11. The van der Waals surface area contributed by atoms with Crippen LogP contribution in [0.15, 0.2) is 41.2 Å². The summed E-state index contributed by atoms with van der Waals surface area (Å²) in [5, 5.41) is 17.0. The van der Waals surface area contributed by atoms with Gasteiger partial charge in [-0.05, 0) is 23.6 Å². The minimum atomic E-state index is 0.0425. The van der Waals surface area contributed by atoms with Crippen molar-refractivity contribution in [1.29, 1.82) is 0 Å². The van der Waals surface area contributed by atoms with Crippen LogP contribution in [0, 0.1) is 0 Å². The van der Waals surface area contributed by atoms with Gasteiger partial charge in [-0.2, -0.15) is 10.1 Å². The molecule has 0 saturated heterocycles. The second-order valence-electron chi connectivity index (χ2n) is 5.42. The highest BCUT2D eigenvalue weighted by molar-refractivity contribution is 5.58. The number of aliphatic hydroxyl groups is 1. The van der Waals surface area contributed by atoms with Crippen LogP contribution < -0.4 is 0 Å². The van der Waals surface area contributed by atoms with Crippen molar-refractivity contribution in [2.75, 3.05) is 6.61 Å². The molecule has 1 aromatic carbocycles. The predicted octanol–water partition coefficient (Wildman–Crippen LogP) is 2.72. The molecule has 22 heavy (non-hydrogen) atoms. The molecule has 0 fully saturated rings. The molecule has 3 rings (SSSR count). The fourth-order valence-corrected chi connectivity index (χ4v) is 2.17. The molecule has 114 valence electrons. The molecule has 6 heteroatoms. The van der Waals surface area contributed by atoms with Crippen LogP contribution in [0.25, 0.3) is 22.8 Å². The maximum Gasteiger partial charge on any atom is 0.258 e. The third-order valence-electron chi connectivity index (χ3n) is 3.47. The molecule has 3 aromatic rings. The van der Waals surface area contributed by atoms with Crippen LogP contribution in [0.5, 0.6) is 0 Å². The molecule has 0 aliphatic rings. The molecular weight excluding hydrogens is 280 g/mol. The smallest absolute Gasteiger partial charge is 0.258 e. The van der Waals surface area contributed by atoms with Crippen molar-refractivity contribution in [2.24, 2.45) is 0 Å². The van der Waals surface area contributed by atoms with Crippen LogP contribution in [0.4, 0.5) is 0 Å². The van der Waals surface area contributed by atoms with Crippen molar-refractivity contribution >= 4 is 0 Å². The lowest BCUT2D eigenvalue weighted by Crippen LogP contribution is -2.01. The van der Waals surface area contributed by atoms with E-state index < -0.39 is 0 Å². The Morgan fingerprint density at radius 3 is 2.64 bits per heavy atom. The van der Waals surface area contributed by atoms with Crippen molar-refractivity contribution < 1.29 is 9.63 Å². The standard InChI is InChI=1S/C16H18N4O2/c1-11(2)12-3-5-13(6-4-12)16-18-15(19-22-16)14-9-17-20(10-14)7-8-21/h3-6,9-11,21H,7-8H2,1-2H3. The average Bonchev–Trinajstić information content (AvgIpc) is 3.16. The molecule has 0 unspecified atom stereocenters. The van der Waals surface area contributed by atoms with E-state index in [1.807, 2.05) is 12.1 Å². The summed E-state index contributed by atoms with van der Waals surface area (Å²) < 4.78 is 6.97. The summed E-state index contributed by atoms with van der Waals surface area (Å²) in [5.41, 5.74) is 2.93. The van der Waals surface area contributed by atoms with Crippen LogP contribution in [-0.4, -0.2) is 31.6 Å². The lowest BCUT2D eigenvalue weighted by atomic mass is 10.0. The van der Waals surface area contributed by atoms with Crippen molar-refractivity contribution in [2.45, 2.75) is 26.3 Å². The minimum Gasteiger partial charge on any atom is -0.394 e. The van der Waals surface area contributed by atoms with E-state index in [2.05, 4.69) is 41.2 Å². The molecular formula is C16H18N4O2. The van der Waals surface area contributed by atoms with Gasteiger partial charge < -0.3 is 9.63 Å². The molecule has 0 aliphatic carbocycles. The quantitative estimate of drug-likeness (QED) is 0.783. The Morgan fingerprint density at radius 2 is 1.95 bits per heavy atom. The molecule has 0 radical (unpaired) electrons. The summed E-state index contributed by atoms with van der Waals surface area (Å²) in [6.45, 7) is 4.80. The Balaban J connectivity index is 1.83. The van der Waals surface area contributed by atoms with E-state index in [0.29, 0.717) is 24.2 Å². The largest absolute Gasteiger partial charge is 0.394 e. The average molecular weight is 298 g/mol. The van der Waals surface area contributed by atoms with Gasteiger partial charge in [0.05, 0.1) is 24.9 Å². The van der Waals surface area contributed by atoms with Gasteiger partial charge in [-0.1, -0.05) is 31.1 Å². The second-order valence-corrected chi connectivity index (χ2v) is 5.42. The van der Waals surface area contributed by atoms with Gasteiger partial charge in [0.1, 0.15) is 0 Å². The minimum absolute atomic E-state index is 0.0425. The van der Waals surface area contributed by atoms with Crippen LogP contribution in [0.1, 0.15) is 25.3 Å². The molecule has 0 saturated carbocycles. The zero-order chi connectivity index (χ0) is 15.5. The van der Waals surface area contributed by atoms with E-state index in [1.165, 1.54) is 5.56 Å². The van der Waals surface area contributed by atoms with E-state index in [1.54, 1.807) is 17.1 Å². The van der Waals surface area contributed by atoms with E-state index in [-0.39, 0.29) is 6.61 Å². The molecule has 2 aromatic heterocycles. The third kappa shape index (κ3) is 2.92. The third-order valence-corrected chi connectivity index (χ3v) is 3.47. The van der Waals surface area contributed by atoms with Gasteiger partial charge in [0.2, 0.25) is 5.82 Å². The van der Waals surface area contributed by atoms with Crippen LogP contribution >= 0.6 is 0 Å². The van der Waals surface area contributed by atoms with Crippen molar-refractivity contribution in [1.82, 2.24) is 19.9 Å². The highest BCUT2D eigenvalue weighted by Crippen LogP contribution is 2.24. The SMILES string of the molecule is CC(C)c1ccc(-c2nc(-c3cnn(CCO)c3)no2)cc1. The summed E-state index contributed by atoms with van der Waals surface area (Å²) in [5.74, 6) is 1.47. The van der Waals surface area contributed by atoms with Gasteiger partial charge in [0.25, 0.3) is 5.89 Å². The number of hydrogen-bond acceptors (Lipinski definition) is 5. The monoisotopic (exact) mass is 298 g/mol. The number of aliphatic hydroxyl groups excluding tert-OH is 1. The van der Waals surface area contributed by atoms with Crippen molar-refractivity contribution in [3.05, 3.63) is 42.2 Å². The van der Waals surface area contributed by atoms with Gasteiger partial charge in [0.15, 0.2) is 0 Å². The first-order valence-electron chi connectivity index (χ1n) is 7.25. The van der Waals surface area contributed by atoms with Crippen molar-refractivity contribution in [3.63, 3.8) is 0 Å². The fourth-order valence-electron chi connectivity index (χ4n) is 2.17. The molecule has 1 N–H and O–H groups in total. The lowest BCUT2D eigenvalue weighted by Gasteiger charge is -2.04. The molecule has 2 heterocycles. The van der Waals surface area contributed by atoms with Crippen LogP contribution in [0.2, 0.25) is 0 Å². The van der Waals surface area contributed by atoms with Crippen molar-refractivity contribution in [3.8, 4) is 22.8 Å². The molecule has 0 spiro atoms. The van der Waals surface area contributed by atoms with Gasteiger partial charge >= 0.3 is 0 Å². The summed E-state index contributed by atoms with van der Waals surface area (Å²) in [4.78, 5) is 4.41. The zero-order valence-electron chi connectivity index (χ0n) is 12.6. The van der Waals surface area contributed by atoms with Crippen LogP contribution in [-0.2, 0) is 6.54 Å². The van der Waals surface area contributed by atoms with Gasteiger partial charge in [0, 0.05) is 11.8 Å². The van der Waals surface area contributed by atoms with Gasteiger partial charge in [-0.15, -0.1) is 0 Å². The van der Waals surface area contributed by atoms with Gasteiger partial charge in [-0.3, -0.25) is 4.68 Å². The Labute approximate surface area is 128 Å². The normalized spacial score (nSPS) is 11.3.